The lowest BCUT2D eigenvalue weighted by Crippen LogP contribution is -2.41. The van der Waals surface area contributed by atoms with Crippen LogP contribution in [-0.2, 0) is 9.47 Å². The Morgan fingerprint density at radius 2 is 1.19 bits per heavy atom. The van der Waals surface area contributed by atoms with Crippen molar-refractivity contribution in [2.24, 2.45) is 10.8 Å². The number of amides is 2. The number of carbonyl (C=O) groups excluding carboxylic acids is 2. The normalized spacial score (nSPS) is 12.5. The first-order valence-corrected chi connectivity index (χ1v) is 9.12. The summed E-state index contributed by atoms with van der Waals surface area (Å²) in [6.07, 6.45) is -0.690. The van der Waals surface area contributed by atoms with Gasteiger partial charge in [0.2, 0.25) is 0 Å². The van der Waals surface area contributed by atoms with Crippen LogP contribution < -0.4 is 10.6 Å². The molecule has 0 aromatic carbocycles. The fourth-order valence-corrected chi connectivity index (χ4v) is 1.28. The summed E-state index contributed by atoms with van der Waals surface area (Å²) in [6.45, 7) is 24.6. The van der Waals surface area contributed by atoms with E-state index < -0.39 is 5.60 Å². The predicted molar refractivity (Wildman–Crippen MR) is 107 cm³/mol. The summed E-state index contributed by atoms with van der Waals surface area (Å²) >= 11 is 0. The molecule has 0 aromatic heterocycles. The number of ether oxygens (including phenoxy) is 2. The molecule has 0 rings (SSSR count). The number of alkyl carbamates (subject to hydrolysis) is 2. The van der Waals surface area contributed by atoms with Gasteiger partial charge in [-0.25, -0.2) is 9.59 Å². The van der Waals surface area contributed by atoms with Crippen molar-refractivity contribution in [2.75, 3.05) is 13.2 Å². The summed E-state index contributed by atoms with van der Waals surface area (Å²) < 4.78 is 10.1. The molecule has 0 spiro atoms. The molecule has 0 saturated carbocycles. The molecule has 0 atom stereocenters. The molecule has 0 fully saturated rings. The van der Waals surface area contributed by atoms with Crippen molar-refractivity contribution in [1.82, 2.24) is 10.6 Å². The topological polar surface area (TPSA) is 76.7 Å². The molecule has 156 valence electrons. The summed E-state index contributed by atoms with van der Waals surface area (Å²) in [7, 11) is 0. The molecule has 26 heavy (non-hydrogen) atoms. The van der Waals surface area contributed by atoms with Crippen molar-refractivity contribution in [1.29, 1.82) is 0 Å². The first-order chi connectivity index (χ1) is 11.2. The van der Waals surface area contributed by atoms with Crippen molar-refractivity contribution in [3.8, 4) is 0 Å². The number of carbonyl (C=O) groups is 2. The molecule has 0 aliphatic heterocycles. The van der Waals surface area contributed by atoms with Crippen LogP contribution in [0.2, 0.25) is 0 Å². The average Bonchev–Trinajstić information content (AvgIpc) is 2.29. The molecular formula is C20H42N2O4. The zero-order chi connectivity index (χ0) is 21.4. The van der Waals surface area contributed by atoms with Crippen LogP contribution in [0.5, 0.6) is 0 Å². The van der Waals surface area contributed by atoms with E-state index in [0.717, 1.165) is 0 Å². The zero-order valence-electron chi connectivity index (χ0n) is 19.0. The van der Waals surface area contributed by atoms with E-state index in [-0.39, 0.29) is 28.6 Å². The van der Waals surface area contributed by atoms with Crippen LogP contribution in [0.3, 0.4) is 0 Å². The van der Waals surface area contributed by atoms with Gasteiger partial charge < -0.3 is 20.1 Å². The van der Waals surface area contributed by atoms with E-state index in [2.05, 4.69) is 31.4 Å². The van der Waals surface area contributed by atoms with E-state index in [4.69, 9.17) is 9.47 Å². The Labute approximate surface area is 160 Å². The van der Waals surface area contributed by atoms with Crippen molar-refractivity contribution in [2.45, 2.75) is 94.2 Å². The minimum absolute atomic E-state index is 0.0230. The first-order valence-electron chi connectivity index (χ1n) is 9.12. The molecule has 6 nitrogen and oxygen atoms in total. The largest absolute Gasteiger partial charge is 0.449 e. The molecule has 2 N–H and O–H groups in total. The minimum atomic E-state index is -0.415. The lowest BCUT2D eigenvalue weighted by Gasteiger charge is -2.23. The van der Waals surface area contributed by atoms with Gasteiger partial charge in [-0.05, 0) is 52.4 Å². The molecule has 0 aliphatic carbocycles. The number of nitrogens with one attached hydrogen (secondary N) is 2. The molecule has 0 heterocycles. The summed E-state index contributed by atoms with van der Waals surface area (Å²) in [6, 6.07) is 0. The van der Waals surface area contributed by atoms with Crippen LogP contribution in [0, 0.1) is 10.8 Å². The molecule has 0 bridgehead atoms. The van der Waals surface area contributed by atoms with E-state index in [1.54, 1.807) is 0 Å². The summed E-state index contributed by atoms with van der Waals surface area (Å²) in [5.74, 6) is 0. The molecule has 0 unspecified atom stereocenters. The highest BCUT2D eigenvalue weighted by Gasteiger charge is 2.19. The summed E-state index contributed by atoms with van der Waals surface area (Å²) in [5, 5.41) is 5.45. The molecule has 0 aromatic rings. The second-order valence-electron chi connectivity index (χ2n) is 10.9. The smallest absolute Gasteiger partial charge is 0.407 e. The van der Waals surface area contributed by atoms with Gasteiger partial charge in [-0.1, -0.05) is 41.5 Å². The van der Waals surface area contributed by atoms with Gasteiger partial charge in [0, 0.05) is 12.1 Å². The van der Waals surface area contributed by atoms with Gasteiger partial charge in [0.1, 0.15) is 5.60 Å². The second-order valence-corrected chi connectivity index (χ2v) is 10.9. The van der Waals surface area contributed by atoms with Crippen LogP contribution >= 0.6 is 0 Å². The molecule has 0 radical (unpaired) electrons. The molecule has 0 aliphatic rings. The van der Waals surface area contributed by atoms with Gasteiger partial charge in [-0.2, -0.15) is 0 Å². The van der Waals surface area contributed by atoms with Crippen molar-refractivity contribution >= 4 is 12.2 Å². The second kappa shape index (κ2) is 10.0. The van der Waals surface area contributed by atoms with Gasteiger partial charge in [0.25, 0.3) is 0 Å². The van der Waals surface area contributed by atoms with Gasteiger partial charge >= 0.3 is 12.2 Å². The molecule has 2 amide bonds. The van der Waals surface area contributed by atoms with Crippen LogP contribution in [0.15, 0.2) is 0 Å². The van der Waals surface area contributed by atoms with Crippen LogP contribution in [0.4, 0.5) is 9.59 Å². The first kappa shape index (κ1) is 26.8. The quantitative estimate of drug-likeness (QED) is 0.704. The number of hydrogen-bond donors (Lipinski definition) is 2. The van der Waals surface area contributed by atoms with E-state index in [1.807, 2.05) is 62.3 Å². The van der Waals surface area contributed by atoms with E-state index in [0.29, 0.717) is 13.2 Å². The zero-order valence-corrected chi connectivity index (χ0v) is 19.0. The maximum atomic E-state index is 11.2. The van der Waals surface area contributed by atoms with Gasteiger partial charge in [0.05, 0.1) is 6.61 Å². The van der Waals surface area contributed by atoms with Gasteiger partial charge in [-0.3, -0.25) is 0 Å². The Balaban J connectivity index is 0. The standard InChI is InChI=1S/2C10H21NO2/c1-9(2,3)7-13-8(12)11-10(4,5)6;1-9(2,3)7-11-8(12)13-10(4,5)6/h2*7H2,1-6H3,(H,11,12). The van der Waals surface area contributed by atoms with Gasteiger partial charge in [0.15, 0.2) is 0 Å². The molecule has 0 saturated heterocycles. The van der Waals surface area contributed by atoms with Gasteiger partial charge in [-0.15, -0.1) is 0 Å². The number of hydrogen-bond acceptors (Lipinski definition) is 4. The maximum absolute atomic E-state index is 11.2. The fraction of sp³-hybridized carbons (Fsp3) is 0.900. The van der Waals surface area contributed by atoms with Crippen LogP contribution in [0.1, 0.15) is 83.1 Å². The highest BCUT2D eigenvalue weighted by Crippen LogP contribution is 2.13. The monoisotopic (exact) mass is 374 g/mol. The summed E-state index contributed by atoms with van der Waals surface area (Å²) in [4.78, 5) is 22.3. The Morgan fingerprint density at radius 3 is 1.50 bits per heavy atom. The highest BCUT2D eigenvalue weighted by molar-refractivity contribution is 5.68. The third kappa shape index (κ3) is 24.8. The summed E-state index contributed by atoms with van der Waals surface area (Å²) in [5.41, 5.74) is -0.525. The minimum Gasteiger partial charge on any atom is -0.449 e. The lowest BCUT2D eigenvalue weighted by atomic mass is 9.97. The number of rotatable bonds is 2. The third-order valence-electron chi connectivity index (χ3n) is 2.28. The van der Waals surface area contributed by atoms with E-state index in [1.165, 1.54) is 0 Å². The van der Waals surface area contributed by atoms with E-state index >= 15 is 0 Å². The Morgan fingerprint density at radius 1 is 0.731 bits per heavy atom. The SMILES string of the molecule is CC(C)(C)CNC(=O)OC(C)(C)C.CC(C)(C)COC(=O)NC(C)(C)C. The lowest BCUT2D eigenvalue weighted by molar-refractivity contribution is 0.0509. The average molecular weight is 375 g/mol. The third-order valence-corrected chi connectivity index (χ3v) is 2.28. The van der Waals surface area contributed by atoms with Crippen LogP contribution in [0.25, 0.3) is 0 Å². The maximum Gasteiger partial charge on any atom is 0.407 e. The van der Waals surface area contributed by atoms with Crippen molar-refractivity contribution < 1.29 is 19.1 Å². The van der Waals surface area contributed by atoms with E-state index in [9.17, 15) is 9.59 Å². The Bertz CT molecular complexity index is 391. The Kier molecular flexibility index (Phi) is 10.3. The predicted octanol–water partition coefficient (Wildman–Crippen LogP) is 5.11. The Hall–Kier alpha value is -1.46. The molecule has 6 heteroatoms. The molecular weight excluding hydrogens is 332 g/mol. The highest BCUT2D eigenvalue weighted by atomic mass is 16.6. The van der Waals surface area contributed by atoms with Crippen LogP contribution in [-0.4, -0.2) is 36.5 Å². The van der Waals surface area contributed by atoms with Crippen molar-refractivity contribution in [3.05, 3.63) is 0 Å². The van der Waals surface area contributed by atoms with Crippen molar-refractivity contribution in [3.63, 3.8) is 0 Å². The fourth-order valence-electron chi connectivity index (χ4n) is 1.28.